The Balaban J connectivity index is 2.34. The maximum absolute atomic E-state index is 11.2. The number of benzene rings is 1. The molecule has 90 valence electrons. The van der Waals surface area contributed by atoms with Gasteiger partial charge in [0.1, 0.15) is 10.8 Å². The van der Waals surface area contributed by atoms with E-state index < -0.39 is 9.84 Å². The second-order valence-electron chi connectivity index (χ2n) is 3.78. The first-order chi connectivity index (χ1) is 7.96. The molecule has 2 aromatic rings. The molecular weight excluding hydrogens is 256 g/mol. The number of sulfone groups is 1. The first-order valence-corrected chi connectivity index (χ1v) is 7.87. The van der Waals surface area contributed by atoms with Crippen molar-refractivity contribution in [2.24, 2.45) is 0 Å². The number of thiazole rings is 1. The first kappa shape index (κ1) is 12.1. The van der Waals surface area contributed by atoms with E-state index in [4.69, 9.17) is 5.73 Å². The highest BCUT2D eigenvalue weighted by molar-refractivity contribution is 7.90. The fourth-order valence-corrected chi connectivity index (χ4v) is 3.46. The van der Waals surface area contributed by atoms with Gasteiger partial charge in [-0.05, 0) is 6.07 Å². The number of nitrogens with two attached hydrogens (primary N) is 1. The zero-order valence-electron chi connectivity index (χ0n) is 9.25. The lowest BCUT2D eigenvalue weighted by atomic mass is 10.1. The third-order valence-corrected chi connectivity index (χ3v) is 4.00. The maximum atomic E-state index is 11.2. The SMILES string of the molecule is CS(=O)(=O)Cc1nc(-c2ccccc2N)cs1. The Bertz CT molecular complexity index is 632. The Morgan fingerprint density at radius 1 is 1.35 bits per heavy atom. The molecule has 17 heavy (non-hydrogen) atoms. The average molecular weight is 268 g/mol. The topological polar surface area (TPSA) is 73.0 Å². The van der Waals surface area contributed by atoms with Gasteiger partial charge in [0.2, 0.25) is 0 Å². The lowest BCUT2D eigenvalue weighted by Gasteiger charge is -2.00. The van der Waals surface area contributed by atoms with Crippen LogP contribution in [0.25, 0.3) is 11.3 Å². The van der Waals surface area contributed by atoms with E-state index in [9.17, 15) is 8.42 Å². The zero-order chi connectivity index (χ0) is 12.5. The van der Waals surface area contributed by atoms with Crippen LogP contribution < -0.4 is 5.73 Å². The van der Waals surface area contributed by atoms with Gasteiger partial charge in [-0.3, -0.25) is 0 Å². The Kier molecular flexibility index (Phi) is 3.17. The number of anilines is 1. The molecule has 0 aliphatic heterocycles. The zero-order valence-corrected chi connectivity index (χ0v) is 10.9. The molecule has 0 bridgehead atoms. The van der Waals surface area contributed by atoms with Gasteiger partial charge in [-0.25, -0.2) is 13.4 Å². The van der Waals surface area contributed by atoms with Gasteiger partial charge in [0, 0.05) is 22.9 Å². The van der Waals surface area contributed by atoms with E-state index in [2.05, 4.69) is 4.98 Å². The molecule has 4 nitrogen and oxygen atoms in total. The summed E-state index contributed by atoms with van der Waals surface area (Å²) in [5.41, 5.74) is 8.04. The average Bonchev–Trinajstić information content (AvgIpc) is 2.64. The standard InChI is InChI=1S/C11H12N2O2S2/c1-17(14,15)7-11-13-10(6-16-11)8-4-2-3-5-9(8)12/h2-6H,7,12H2,1H3. The summed E-state index contributed by atoms with van der Waals surface area (Å²) in [6.45, 7) is 0. The number of nitrogens with zero attached hydrogens (tertiary/aromatic N) is 1. The van der Waals surface area contributed by atoms with Gasteiger partial charge >= 0.3 is 0 Å². The summed E-state index contributed by atoms with van der Waals surface area (Å²) >= 11 is 1.33. The molecule has 0 radical (unpaired) electrons. The lowest BCUT2D eigenvalue weighted by molar-refractivity contribution is 0.601. The molecule has 0 aliphatic carbocycles. The van der Waals surface area contributed by atoms with Crippen LogP contribution in [0.3, 0.4) is 0 Å². The fourth-order valence-electron chi connectivity index (χ4n) is 1.46. The van der Waals surface area contributed by atoms with E-state index in [-0.39, 0.29) is 5.75 Å². The smallest absolute Gasteiger partial charge is 0.153 e. The van der Waals surface area contributed by atoms with Gasteiger partial charge in [0.25, 0.3) is 0 Å². The van der Waals surface area contributed by atoms with Crippen molar-refractivity contribution >= 4 is 26.9 Å². The Hall–Kier alpha value is -1.40. The first-order valence-electron chi connectivity index (χ1n) is 4.93. The second-order valence-corrected chi connectivity index (χ2v) is 6.87. The molecule has 0 saturated heterocycles. The van der Waals surface area contributed by atoms with Gasteiger partial charge in [0.15, 0.2) is 9.84 Å². The predicted octanol–water partition coefficient (Wildman–Crippen LogP) is 1.94. The number of nitrogen functional groups attached to an aromatic ring is 1. The van der Waals surface area contributed by atoms with Crippen molar-refractivity contribution in [3.63, 3.8) is 0 Å². The van der Waals surface area contributed by atoms with Gasteiger partial charge in [-0.2, -0.15) is 0 Å². The molecule has 1 aromatic heterocycles. The molecule has 0 saturated carbocycles. The molecule has 0 amide bonds. The van der Waals surface area contributed by atoms with Crippen molar-refractivity contribution in [3.05, 3.63) is 34.7 Å². The van der Waals surface area contributed by atoms with Crippen LogP contribution in [0, 0.1) is 0 Å². The van der Waals surface area contributed by atoms with E-state index in [0.717, 1.165) is 11.3 Å². The summed E-state index contributed by atoms with van der Waals surface area (Å²) in [5.74, 6) is -0.0234. The number of hydrogen-bond acceptors (Lipinski definition) is 5. The van der Waals surface area contributed by atoms with Crippen LogP contribution in [0.15, 0.2) is 29.6 Å². The quantitative estimate of drug-likeness (QED) is 0.863. The molecular formula is C11H12N2O2S2. The van der Waals surface area contributed by atoms with Crippen LogP contribution in [0.5, 0.6) is 0 Å². The van der Waals surface area contributed by atoms with Crippen molar-refractivity contribution in [1.29, 1.82) is 0 Å². The minimum Gasteiger partial charge on any atom is -0.398 e. The monoisotopic (exact) mass is 268 g/mol. The maximum Gasteiger partial charge on any atom is 0.153 e. The number of hydrogen-bond donors (Lipinski definition) is 1. The highest BCUT2D eigenvalue weighted by Crippen LogP contribution is 2.27. The summed E-state index contributed by atoms with van der Waals surface area (Å²) in [6.07, 6.45) is 1.20. The third-order valence-electron chi connectivity index (χ3n) is 2.17. The molecule has 0 fully saturated rings. The van der Waals surface area contributed by atoms with Crippen LogP contribution in [0.4, 0.5) is 5.69 Å². The summed E-state index contributed by atoms with van der Waals surface area (Å²) in [4.78, 5) is 4.29. The van der Waals surface area contributed by atoms with Gasteiger partial charge in [0.05, 0.1) is 5.69 Å². The van der Waals surface area contributed by atoms with E-state index in [0.29, 0.717) is 10.7 Å². The minimum atomic E-state index is -3.04. The molecule has 1 aromatic carbocycles. The highest BCUT2D eigenvalue weighted by Gasteiger charge is 2.11. The molecule has 2 rings (SSSR count). The predicted molar refractivity (Wildman–Crippen MR) is 70.5 cm³/mol. The summed E-state index contributed by atoms with van der Waals surface area (Å²) < 4.78 is 22.3. The summed E-state index contributed by atoms with van der Waals surface area (Å²) in [6, 6.07) is 7.39. The molecule has 0 aliphatic rings. The van der Waals surface area contributed by atoms with Crippen molar-refractivity contribution in [2.75, 3.05) is 12.0 Å². The van der Waals surface area contributed by atoms with Gasteiger partial charge < -0.3 is 5.73 Å². The van der Waals surface area contributed by atoms with Crippen LogP contribution in [0.1, 0.15) is 5.01 Å². The molecule has 1 heterocycles. The Morgan fingerprint density at radius 3 is 2.71 bits per heavy atom. The Labute approximate surface area is 104 Å². The normalized spacial score (nSPS) is 11.6. The molecule has 0 unspecified atom stereocenters. The van der Waals surface area contributed by atoms with E-state index >= 15 is 0 Å². The number of rotatable bonds is 3. The number of aromatic nitrogens is 1. The van der Waals surface area contributed by atoms with Crippen LogP contribution >= 0.6 is 11.3 Å². The third kappa shape index (κ3) is 3.04. The van der Waals surface area contributed by atoms with Crippen molar-refractivity contribution in [3.8, 4) is 11.3 Å². The fraction of sp³-hybridized carbons (Fsp3) is 0.182. The lowest BCUT2D eigenvalue weighted by Crippen LogP contribution is -2.00. The van der Waals surface area contributed by atoms with E-state index in [1.54, 1.807) is 6.07 Å². The van der Waals surface area contributed by atoms with Crippen molar-refractivity contribution in [1.82, 2.24) is 4.98 Å². The van der Waals surface area contributed by atoms with Crippen LogP contribution in [0.2, 0.25) is 0 Å². The molecule has 2 N–H and O–H groups in total. The highest BCUT2D eigenvalue weighted by atomic mass is 32.2. The summed E-state index contributed by atoms with van der Waals surface area (Å²) in [7, 11) is -3.04. The molecule has 6 heteroatoms. The van der Waals surface area contributed by atoms with Gasteiger partial charge in [-0.15, -0.1) is 11.3 Å². The Morgan fingerprint density at radius 2 is 2.06 bits per heavy atom. The second kappa shape index (κ2) is 4.46. The van der Waals surface area contributed by atoms with E-state index in [1.807, 2.05) is 23.6 Å². The van der Waals surface area contributed by atoms with Crippen molar-refractivity contribution in [2.45, 2.75) is 5.75 Å². The largest absolute Gasteiger partial charge is 0.398 e. The molecule has 0 spiro atoms. The van der Waals surface area contributed by atoms with Crippen molar-refractivity contribution < 1.29 is 8.42 Å². The molecule has 0 atom stereocenters. The van der Waals surface area contributed by atoms with E-state index in [1.165, 1.54) is 17.6 Å². The number of para-hydroxylation sites is 1. The summed E-state index contributed by atoms with van der Waals surface area (Å²) in [5, 5.41) is 2.41. The minimum absolute atomic E-state index is 0.0234. The van der Waals surface area contributed by atoms with Crippen LogP contribution in [-0.4, -0.2) is 19.7 Å². The van der Waals surface area contributed by atoms with Gasteiger partial charge in [-0.1, -0.05) is 18.2 Å². The van der Waals surface area contributed by atoms with Crippen LogP contribution in [-0.2, 0) is 15.6 Å².